The van der Waals surface area contributed by atoms with Crippen LogP contribution in [0.1, 0.15) is 30.1 Å². The van der Waals surface area contributed by atoms with E-state index in [4.69, 9.17) is 0 Å². The number of benzene rings is 1. The molecular formula is C22H30N4OS. The maximum atomic E-state index is 10.3. The molecular weight excluding hydrogens is 368 g/mol. The number of hydrogen-bond acceptors (Lipinski definition) is 6. The summed E-state index contributed by atoms with van der Waals surface area (Å²) in [4.78, 5) is 6.56. The Morgan fingerprint density at radius 3 is 2.71 bits per heavy atom. The average molecular weight is 399 g/mol. The summed E-state index contributed by atoms with van der Waals surface area (Å²) in [6.07, 6.45) is 6.34. The topological polar surface area (TPSA) is 60.4 Å². The first-order valence-corrected chi connectivity index (χ1v) is 11.3. The van der Waals surface area contributed by atoms with Crippen molar-refractivity contribution >= 4 is 17.4 Å². The van der Waals surface area contributed by atoms with Crippen molar-refractivity contribution in [2.45, 2.75) is 36.7 Å². The van der Waals surface area contributed by atoms with E-state index in [-0.39, 0.29) is 0 Å². The van der Waals surface area contributed by atoms with E-state index in [0.29, 0.717) is 12.6 Å². The first kappa shape index (κ1) is 19.7. The SMILES string of the molecule is O[C@H](CNC1CCN(c2ccc(CC3CNCS3)cc2)CC1)c1cccnc1. The van der Waals surface area contributed by atoms with E-state index < -0.39 is 6.10 Å². The van der Waals surface area contributed by atoms with Crippen molar-refractivity contribution in [1.82, 2.24) is 15.6 Å². The molecule has 4 rings (SSSR count). The molecule has 2 atom stereocenters. The van der Waals surface area contributed by atoms with Crippen LogP contribution in [0.25, 0.3) is 0 Å². The fourth-order valence-corrected chi connectivity index (χ4v) is 5.02. The molecule has 150 valence electrons. The van der Waals surface area contributed by atoms with Gasteiger partial charge in [0, 0.05) is 67.0 Å². The summed E-state index contributed by atoms with van der Waals surface area (Å²) in [7, 11) is 0. The zero-order valence-electron chi connectivity index (χ0n) is 16.3. The van der Waals surface area contributed by atoms with E-state index in [1.165, 1.54) is 11.3 Å². The van der Waals surface area contributed by atoms with Crippen LogP contribution in [0.15, 0.2) is 48.8 Å². The molecule has 3 heterocycles. The number of thioether (sulfide) groups is 1. The fourth-order valence-electron chi connectivity index (χ4n) is 4.00. The van der Waals surface area contributed by atoms with Crippen LogP contribution in [0.5, 0.6) is 0 Å². The fraction of sp³-hybridized carbons (Fsp3) is 0.500. The number of nitrogens with one attached hydrogen (secondary N) is 2. The quantitative estimate of drug-likeness (QED) is 0.666. The van der Waals surface area contributed by atoms with Gasteiger partial charge in [-0.3, -0.25) is 4.98 Å². The molecule has 0 radical (unpaired) electrons. The van der Waals surface area contributed by atoms with Gasteiger partial charge in [0.05, 0.1) is 6.10 Å². The third-order valence-corrected chi connectivity index (χ3v) is 6.90. The highest BCUT2D eigenvalue weighted by atomic mass is 32.2. The van der Waals surface area contributed by atoms with Gasteiger partial charge in [-0.2, -0.15) is 0 Å². The van der Waals surface area contributed by atoms with Crippen LogP contribution in [0.4, 0.5) is 5.69 Å². The molecule has 2 aliphatic rings. The Hall–Kier alpha value is -1.60. The van der Waals surface area contributed by atoms with Gasteiger partial charge in [-0.25, -0.2) is 0 Å². The lowest BCUT2D eigenvalue weighted by Crippen LogP contribution is -2.43. The molecule has 1 aromatic carbocycles. The Kier molecular flexibility index (Phi) is 6.86. The number of anilines is 1. The van der Waals surface area contributed by atoms with E-state index >= 15 is 0 Å². The van der Waals surface area contributed by atoms with Gasteiger partial charge in [0.2, 0.25) is 0 Å². The van der Waals surface area contributed by atoms with Gasteiger partial charge in [-0.1, -0.05) is 18.2 Å². The highest BCUT2D eigenvalue weighted by molar-refractivity contribution is 8.00. The number of aliphatic hydroxyl groups excluding tert-OH is 1. The monoisotopic (exact) mass is 398 g/mol. The van der Waals surface area contributed by atoms with Crippen molar-refractivity contribution in [2.75, 3.05) is 37.0 Å². The summed E-state index contributed by atoms with van der Waals surface area (Å²) in [6.45, 7) is 3.83. The molecule has 5 nitrogen and oxygen atoms in total. The minimum atomic E-state index is -0.493. The number of aromatic nitrogens is 1. The molecule has 0 spiro atoms. The lowest BCUT2D eigenvalue weighted by Gasteiger charge is -2.34. The summed E-state index contributed by atoms with van der Waals surface area (Å²) in [5.74, 6) is 1.09. The second-order valence-electron chi connectivity index (χ2n) is 7.73. The van der Waals surface area contributed by atoms with Gasteiger partial charge < -0.3 is 20.6 Å². The van der Waals surface area contributed by atoms with Crippen LogP contribution >= 0.6 is 11.8 Å². The lowest BCUT2D eigenvalue weighted by atomic mass is 10.0. The molecule has 28 heavy (non-hydrogen) atoms. The predicted molar refractivity (Wildman–Crippen MR) is 117 cm³/mol. The van der Waals surface area contributed by atoms with Crippen LogP contribution in [-0.4, -0.2) is 53.4 Å². The van der Waals surface area contributed by atoms with Gasteiger partial charge in [0.1, 0.15) is 0 Å². The Labute approximate surface area is 171 Å². The van der Waals surface area contributed by atoms with Crippen molar-refractivity contribution in [3.63, 3.8) is 0 Å². The molecule has 6 heteroatoms. The Balaban J connectivity index is 1.21. The van der Waals surface area contributed by atoms with Crippen molar-refractivity contribution in [3.8, 4) is 0 Å². The van der Waals surface area contributed by atoms with E-state index in [0.717, 1.165) is 55.6 Å². The van der Waals surface area contributed by atoms with Crippen LogP contribution in [0.2, 0.25) is 0 Å². The zero-order valence-corrected chi connectivity index (χ0v) is 17.1. The first-order chi connectivity index (χ1) is 13.8. The van der Waals surface area contributed by atoms with Crippen molar-refractivity contribution in [1.29, 1.82) is 0 Å². The van der Waals surface area contributed by atoms with Gasteiger partial charge >= 0.3 is 0 Å². The third-order valence-electron chi connectivity index (χ3n) is 5.72. The average Bonchev–Trinajstić information content (AvgIpc) is 3.27. The van der Waals surface area contributed by atoms with Gasteiger partial charge in [0.15, 0.2) is 0 Å². The maximum absolute atomic E-state index is 10.3. The van der Waals surface area contributed by atoms with E-state index in [9.17, 15) is 5.11 Å². The number of piperidine rings is 1. The molecule has 2 aromatic rings. The number of hydrogen-bond donors (Lipinski definition) is 3. The normalized spacial score (nSPS) is 21.8. The van der Waals surface area contributed by atoms with Crippen molar-refractivity contribution in [2.24, 2.45) is 0 Å². The van der Waals surface area contributed by atoms with Crippen LogP contribution < -0.4 is 15.5 Å². The number of pyridine rings is 1. The molecule has 3 N–H and O–H groups in total. The molecule has 2 fully saturated rings. The van der Waals surface area contributed by atoms with Crippen LogP contribution in [0.3, 0.4) is 0 Å². The van der Waals surface area contributed by atoms with E-state index in [1.807, 2.05) is 23.9 Å². The predicted octanol–water partition coefficient (Wildman–Crippen LogP) is 2.58. The summed E-state index contributed by atoms with van der Waals surface area (Å²) >= 11 is 2.03. The number of nitrogens with zero attached hydrogens (tertiary/aromatic N) is 2. The van der Waals surface area contributed by atoms with Gasteiger partial charge in [-0.05, 0) is 43.0 Å². The van der Waals surface area contributed by atoms with Gasteiger partial charge in [0.25, 0.3) is 0 Å². The van der Waals surface area contributed by atoms with E-state index in [2.05, 4.69) is 44.8 Å². The molecule has 2 aliphatic heterocycles. The Morgan fingerprint density at radius 2 is 2.04 bits per heavy atom. The molecule has 2 saturated heterocycles. The smallest absolute Gasteiger partial charge is 0.0929 e. The maximum Gasteiger partial charge on any atom is 0.0929 e. The highest BCUT2D eigenvalue weighted by Gasteiger charge is 2.21. The first-order valence-electron chi connectivity index (χ1n) is 10.3. The number of aliphatic hydroxyl groups is 1. The molecule has 0 aliphatic carbocycles. The van der Waals surface area contributed by atoms with Crippen LogP contribution in [-0.2, 0) is 6.42 Å². The summed E-state index contributed by atoms with van der Waals surface area (Å²) in [5, 5.41) is 18.0. The Bertz CT molecular complexity index is 713. The molecule has 1 aromatic heterocycles. The Morgan fingerprint density at radius 1 is 1.21 bits per heavy atom. The minimum Gasteiger partial charge on any atom is -0.387 e. The van der Waals surface area contributed by atoms with E-state index in [1.54, 1.807) is 12.4 Å². The van der Waals surface area contributed by atoms with Crippen LogP contribution in [0, 0.1) is 0 Å². The second kappa shape index (κ2) is 9.74. The van der Waals surface area contributed by atoms with Crippen molar-refractivity contribution < 1.29 is 5.11 Å². The second-order valence-corrected chi connectivity index (χ2v) is 9.02. The van der Waals surface area contributed by atoms with Gasteiger partial charge in [-0.15, -0.1) is 11.8 Å². The van der Waals surface area contributed by atoms with Crippen molar-refractivity contribution in [3.05, 3.63) is 59.9 Å². The molecule has 0 bridgehead atoms. The standard InChI is InChI=1S/C22H30N4OS/c27-22(18-2-1-9-23-13-18)15-25-19-7-10-26(11-8-19)20-5-3-17(4-6-20)12-21-14-24-16-28-21/h1-6,9,13,19,21-22,24-25,27H,7-8,10-12,14-16H2/t21?,22-/m1/s1. The molecule has 1 unspecified atom stereocenters. The minimum absolute atomic E-state index is 0.466. The molecule has 0 saturated carbocycles. The lowest BCUT2D eigenvalue weighted by molar-refractivity contribution is 0.167. The summed E-state index contributed by atoms with van der Waals surface area (Å²) < 4.78 is 0. The summed E-state index contributed by atoms with van der Waals surface area (Å²) in [5.41, 5.74) is 3.64. The highest BCUT2D eigenvalue weighted by Crippen LogP contribution is 2.24. The summed E-state index contributed by atoms with van der Waals surface area (Å²) in [6, 6.07) is 13.4. The largest absolute Gasteiger partial charge is 0.387 e. The molecule has 0 amide bonds. The third kappa shape index (κ3) is 5.26. The zero-order chi connectivity index (χ0) is 19.2. The number of rotatable bonds is 7.